The van der Waals surface area contributed by atoms with Gasteiger partial charge in [-0.1, -0.05) is 42.0 Å². The van der Waals surface area contributed by atoms with Crippen molar-refractivity contribution in [1.29, 1.82) is 0 Å². The second-order valence-electron chi connectivity index (χ2n) is 5.43. The van der Waals surface area contributed by atoms with Gasteiger partial charge < -0.3 is 5.32 Å². The summed E-state index contributed by atoms with van der Waals surface area (Å²) in [6.07, 6.45) is -3.24. The van der Waals surface area contributed by atoms with Gasteiger partial charge in [0.1, 0.15) is 0 Å². The van der Waals surface area contributed by atoms with E-state index in [1.807, 2.05) is 19.1 Å². The number of carbonyl (C=O) groups excluding carboxylic acids is 2. The molecule has 0 saturated carbocycles. The SMILES string of the molecule is Cc1ccc(/C=N/NC(=O)CNC(=O)c2ccccc2C(F)(F)F)cc1. The number of amides is 2. The minimum atomic E-state index is -4.66. The maximum Gasteiger partial charge on any atom is 0.417 e. The number of hydrogen-bond acceptors (Lipinski definition) is 3. The average Bonchev–Trinajstić information content (AvgIpc) is 2.60. The molecule has 2 amide bonds. The van der Waals surface area contributed by atoms with Gasteiger partial charge in [-0.3, -0.25) is 9.59 Å². The fourth-order valence-electron chi connectivity index (χ4n) is 2.05. The third-order valence-electron chi connectivity index (χ3n) is 3.37. The number of hydrazone groups is 1. The Hall–Kier alpha value is -3.16. The average molecular weight is 363 g/mol. The van der Waals surface area contributed by atoms with Gasteiger partial charge in [-0.05, 0) is 24.6 Å². The molecule has 0 radical (unpaired) electrons. The molecule has 0 heterocycles. The molecular formula is C18H16F3N3O2. The van der Waals surface area contributed by atoms with Gasteiger partial charge in [-0.25, -0.2) is 5.43 Å². The number of nitrogens with one attached hydrogen (secondary N) is 2. The maximum atomic E-state index is 12.9. The van der Waals surface area contributed by atoms with Crippen LogP contribution in [0, 0.1) is 6.92 Å². The van der Waals surface area contributed by atoms with Crippen molar-refractivity contribution in [2.24, 2.45) is 5.10 Å². The van der Waals surface area contributed by atoms with Crippen LogP contribution < -0.4 is 10.7 Å². The Bertz CT molecular complexity index is 815. The summed E-state index contributed by atoms with van der Waals surface area (Å²) in [4.78, 5) is 23.6. The van der Waals surface area contributed by atoms with Crippen LogP contribution in [0.5, 0.6) is 0 Å². The zero-order valence-electron chi connectivity index (χ0n) is 13.8. The predicted molar refractivity (Wildman–Crippen MR) is 90.7 cm³/mol. The normalized spacial score (nSPS) is 11.4. The molecule has 0 fully saturated rings. The molecule has 26 heavy (non-hydrogen) atoms. The number of benzene rings is 2. The van der Waals surface area contributed by atoms with Crippen molar-refractivity contribution in [2.45, 2.75) is 13.1 Å². The van der Waals surface area contributed by atoms with E-state index in [9.17, 15) is 22.8 Å². The lowest BCUT2D eigenvalue weighted by Gasteiger charge is -2.12. The van der Waals surface area contributed by atoms with Crippen molar-refractivity contribution < 1.29 is 22.8 Å². The fourth-order valence-corrected chi connectivity index (χ4v) is 2.05. The predicted octanol–water partition coefficient (Wildman–Crippen LogP) is 2.89. The lowest BCUT2D eigenvalue weighted by molar-refractivity contribution is -0.137. The van der Waals surface area contributed by atoms with Gasteiger partial charge >= 0.3 is 6.18 Å². The molecule has 2 rings (SSSR count). The van der Waals surface area contributed by atoms with Gasteiger partial charge in [0.2, 0.25) is 0 Å². The second kappa shape index (κ2) is 8.28. The Morgan fingerprint density at radius 2 is 1.73 bits per heavy atom. The lowest BCUT2D eigenvalue weighted by Crippen LogP contribution is -2.35. The molecule has 0 spiro atoms. The van der Waals surface area contributed by atoms with Crippen LogP contribution in [0.4, 0.5) is 13.2 Å². The zero-order chi connectivity index (χ0) is 19.2. The summed E-state index contributed by atoms with van der Waals surface area (Å²) in [6.45, 7) is 1.43. The van der Waals surface area contributed by atoms with Crippen LogP contribution in [0.25, 0.3) is 0 Å². The Balaban J connectivity index is 1.89. The summed E-state index contributed by atoms with van der Waals surface area (Å²) in [5, 5.41) is 5.87. The van der Waals surface area contributed by atoms with E-state index >= 15 is 0 Å². The topological polar surface area (TPSA) is 70.6 Å². The monoisotopic (exact) mass is 363 g/mol. The smallest absolute Gasteiger partial charge is 0.343 e. The molecule has 0 saturated heterocycles. The molecule has 0 bridgehead atoms. The Morgan fingerprint density at radius 1 is 1.08 bits per heavy atom. The number of carbonyl (C=O) groups is 2. The summed E-state index contributed by atoms with van der Waals surface area (Å²) in [7, 11) is 0. The first kappa shape index (κ1) is 19.2. The van der Waals surface area contributed by atoms with Crippen molar-refractivity contribution in [2.75, 3.05) is 6.54 Å². The number of alkyl halides is 3. The molecule has 2 aromatic rings. The van der Waals surface area contributed by atoms with Gasteiger partial charge in [-0.15, -0.1) is 0 Å². The molecule has 8 heteroatoms. The van der Waals surface area contributed by atoms with Gasteiger partial charge in [0, 0.05) is 0 Å². The highest BCUT2D eigenvalue weighted by Crippen LogP contribution is 2.31. The summed E-state index contributed by atoms with van der Waals surface area (Å²) < 4.78 is 38.6. The van der Waals surface area contributed by atoms with Crippen LogP contribution in [-0.2, 0) is 11.0 Å². The number of rotatable bonds is 5. The van der Waals surface area contributed by atoms with E-state index in [2.05, 4.69) is 15.8 Å². The van der Waals surface area contributed by atoms with Crippen molar-refractivity contribution in [3.63, 3.8) is 0 Å². The number of nitrogens with zero attached hydrogens (tertiary/aromatic N) is 1. The lowest BCUT2D eigenvalue weighted by atomic mass is 10.1. The Labute approximate surface area is 147 Å². The number of hydrogen-bond donors (Lipinski definition) is 2. The summed E-state index contributed by atoms with van der Waals surface area (Å²) in [5.41, 5.74) is 2.43. The van der Waals surface area contributed by atoms with Crippen molar-refractivity contribution in [1.82, 2.24) is 10.7 Å². The molecule has 0 aliphatic rings. The van der Waals surface area contributed by atoms with E-state index in [-0.39, 0.29) is 0 Å². The van der Waals surface area contributed by atoms with E-state index in [4.69, 9.17) is 0 Å². The van der Waals surface area contributed by atoms with Gasteiger partial charge in [0.15, 0.2) is 0 Å². The molecule has 2 aromatic carbocycles. The highest BCUT2D eigenvalue weighted by Gasteiger charge is 2.34. The van der Waals surface area contributed by atoms with Gasteiger partial charge in [0.25, 0.3) is 11.8 Å². The molecule has 2 N–H and O–H groups in total. The first-order chi connectivity index (χ1) is 12.3. The molecule has 0 atom stereocenters. The van der Waals surface area contributed by atoms with Gasteiger partial charge in [-0.2, -0.15) is 18.3 Å². The van der Waals surface area contributed by atoms with Crippen LogP contribution >= 0.6 is 0 Å². The zero-order valence-corrected chi connectivity index (χ0v) is 13.8. The van der Waals surface area contributed by atoms with E-state index in [1.54, 1.807) is 12.1 Å². The van der Waals surface area contributed by atoms with Crippen LogP contribution in [0.3, 0.4) is 0 Å². The first-order valence-corrected chi connectivity index (χ1v) is 7.60. The Morgan fingerprint density at radius 3 is 2.38 bits per heavy atom. The standard InChI is InChI=1S/C18H16F3N3O2/c1-12-6-8-13(9-7-12)10-23-24-16(25)11-22-17(26)14-4-2-3-5-15(14)18(19,20)21/h2-10H,11H2,1H3,(H,22,26)(H,24,25)/b23-10+. The van der Waals surface area contributed by atoms with E-state index in [0.29, 0.717) is 0 Å². The van der Waals surface area contributed by atoms with Crippen LogP contribution in [0.1, 0.15) is 27.0 Å². The maximum absolute atomic E-state index is 12.9. The Kier molecular flexibility index (Phi) is 6.11. The van der Waals surface area contributed by atoms with Crippen molar-refractivity contribution in [3.05, 3.63) is 70.8 Å². The molecule has 0 aliphatic heterocycles. The van der Waals surface area contributed by atoms with E-state index in [0.717, 1.165) is 23.3 Å². The van der Waals surface area contributed by atoms with Gasteiger partial charge in [0.05, 0.1) is 23.9 Å². The summed E-state index contributed by atoms with van der Waals surface area (Å²) in [5.74, 6) is -1.65. The van der Waals surface area contributed by atoms with E-state index in [1.165, 1.54) is 18.3 Å². The van der Waals surface area contributed by atoms with Crippen molar-refractivity contribution >= 4 is 18.0 Å². The molecule has 5 nitrogen and oxygen atoms in total. The molecule has 0 unspecified atom stereocenters. The quantitative estimate of drug-likeness (QED) is 0.633. The summed E-state index contributed by atoms with van der Waals surface area (Å²) in [6, 6.07) is 11.7. The number of aryl methyl sites for hydroxylation is 1. The molecule has 0 aliphatic carbocycles. The third kappa shape index (κ3) is 5.44. The minimum absolute atomic E-state index is 0.504. The summed E-state index contributed by atoms with van der Waals surface area (Å²) >= 11 is 0. The molecular weight excluding hydrogens is 347 g/mol. The highest BCUT2D eigenvalue weighted by atomic mass is 19.4. The van der Waals surface area contributed by atoms with Crippen LogP contribution in [0.2, 0.25) is 0 Å². The largest absolute Gasteiger partial charge is 0.417 e. The number of halogens is 3. The molecule has 136 valence electrons. The van der Waals surface area contributed by atoms with Crippen LogP contribution in [-0.4, -0.2) is 24.6 Å². The first-order valence-electron chi connectivity index (χ1n) is 7.60. The second-order valence-corrected chi connectivity index (χ2v) is 5.43. The van der Waals surface area contributed by atoms with Crippen LogP contribution in [0.15, 0.2) is 53.6 Å². The minimum Gasteiger partial charge on any atom is -0.343 e. The fraction of sp³-hybridized carbons (Fsp3) is 0.167. The molecule has 0 aromatic heterocycles. The third-order valence-corrected chi connectivity index (χ3v) is 3.37. The highest BCUT2D eigenvalue weighted by molar-refractivity contribution is 5.98. The van der Waals surface area contributed by atoms with E-state index < -0.39 is 35.7 Å². The van der Waals surface area contributed by atoms with Crippen molar-refractivity contribution in [3.8, 4) is 0 Å².